The van der Waals surface area contributed by atoms with Crippen LogP contribution in [0.2, 0.25) is 0 Å². The number of aromatic amines is 1. The average Bonchev–Trinajstić information content (AvgIpc) is 3.55. The van der Waals surface area contributed by atoms with Crippen molar-refractivity contribution in [3.8, 4) is 11.3 Å². The van der Waals surface area contributed by atoms with Gasteiger partial charge >= 0.3 is 0 Å². The van der Waals surface area contributed by atoms with Gasteiger partial charge in [-0.05, 0) is 63.0 Å². The summed E-state index contributed by atoms with van der Waals surface area (Å²) in [6.07, 6.45) is 4.64. The van der Waals surface area contributed by atoms with Gasteiger partial charge in [-0.2, -0.15) is 0 Å². The number of aromatic nitrogens is 4. The molecule has 4 heterocycles. The predicted octanol–water partition coefficient (Wildman–Crippen LogP) is 3.92. The highest BCUT2D eigenvalue weighted by molar-refractivity contribution is 5.82. The zero-order chi connectivity index (χ0) is 21.1. The van der Waals surface area contributed by atoms with Crippen LogP contribution in [0.1, 0.15) is 43.3 Å². The first kappa shape index (κ1) is 18.6. The van der Waals surface area contributed by atoms with Crippen LogP contribution < -0.4 is 5.56 Å². The molecule has 0 unspecified atom stereocenters. The van der Waals surface area contributed by atoms with E-state index in [2.05, 4.69) is 19.9 Å². The molecule has 1 aliphatic carbocycles. The van der Waals surface area contributed by atoms with Gasteiger partial charge in [-0.15, -0.1) is 0 Å². The van der Waals surface area contributed by atoms with Crippen LogP contribution in [0.15, 0.2) is 33.5 Å². The molecule has 0 amide bonds. The van der Waals surface area contributed by atoms with Gasteiger partial charge in [0, 0.05) is 24.4 Å². The van der Waals surface area contributed by atoms with Gasteiger partial charge in [0.1, 0.15) is 11.3 Å². The minimum Gasteiger partial charge on any atom is -0.441 e. The van der Waals surface area contributed by atoms with E-state index in [0.717, 1.165) is 37.8 Å². The zero-order valence-electron chi connectivity index (χ0n) is 17.2. The van der Waals surface area contributed by atoms with E-state index in [-0.39, 0.29) is 22.5 Å². The van der Waals surface area contributed by atoms with Gasteiger partial charge < -0.3 is 14.3 Å². The van der Waals surface area contributed by atoms with Gasteiger partial charge in [-0.25, -0.2) is 19.3 Å². The highest BCUT2D eigenvalue weighted by atomic mass is 19.1. The third-order valence-corrected chi connectivity index (χ3v) is 6.40. The average molecular weight is 419 g/mol. The first-order chi connectivity index (χ1) is 15.0. The summed E-state index contributed by atoms with van der Waals surface area (Å²) in [5, 5.41) is 0. The van der Waals surface area contributed by atoms with E-state index in [1.807, 2.05) is 0 Å². The van der Waals surface area contributed by atoms with Gasteiger partial charge in [0.15, 0.2) is 22.8 Å². The molecule has 1 saturated carbocycles. The fourth-order valence-electron chi connectivity index (χ4n) is 4.62. The van der Waals surface area contributed by atoms with Crippen LogP contribution in [0.25, 0.3) is 33.4 Å². The number of piperidine rings is 1. The fraction of sp³-hybridized carbons (Fsp3) is 0.391. The molecule has 1 saturated heterocycles. The fourth-order valence-corrected chi connectivity index (χ4v) is 4.62. The van der Waals surface area contributed by atoms with Crippen molar-refractivity contribution in [3.05, 3.63) is 52.2 Å². The summed E-state index contributed by atoms with van der Waals surface area (Å²) >= 11 is 0. The van der Waals surface area contributed by atoms with Crippen LogP contribution in [0.3, 0.4) is 0 Å². The van der Waals surface area contributed by atoms with E-state index in [0.29, 0.717) is 28.2 Å². The molecule has 0 atom stereocenters. The number of nitrogens with zero attached hydrogens (tertiary/aromatic N) is 4. The number of aryl methyl sites for hydroxylation is 1. The molecule has 31 heavy (non-hydrogen) atoms. The summed E-state index contributed by atoms with van der Waals surface area (Å²) in [4.78, 5) is 31.6. The molecule has 0 spiro atoms. The van der Waals surface area contributed by atoms with Gasteiger partial charge in [-0.1, -0.05) is 0 Å². The molecule has 0 bridgehead atoms. The number of nitrogens with one attached hydrogen (secondary N) is 1. The number of hydrogen-bond acceptors (Lipinski definition) is 6. The molecule has 158 valence electrons. The Bertz CT molecular complexity index is 1370. The molecule has 7 nitrogen and oxygen atoms in total. The Morgan fingerprint density at radius 3 is 2.65 bits per heavy atom. The maximum Gasteiger partial charge on any atom is 0.277 e. The number of likely N-dealkylation sites (tertiary alicyclic amines) is 1. The lowest BCUT2D eigenvalue weighted by Crippen LogP contribution is -2.35. The standard InChI is InChI=1S/C23H22FN5O2/c1-12-25-20-16(24)10-14(11-19(20)31-12)17-4-5-18-21(26-17)23(30)28-22(27-18)13-6-8-29(9-7-13)15-2-3-15/h4-5,10-11,13,15H,2-3,6-9H2,1H3,(H,27,28,30). The van der Waals surface area contributed by atoms with E-state index in [1.54, 1.807) is 25.1 Å². The molecule has 1 aliphatic heterocycles. The molecule has 8 heteroatoms. The Kier molecular flexibility index (Phi) is 4.17. The van der Waals surface area contributed by atoms with Crippen molar-refractivity contribution in [2.24, 2.45) is 0 Å². The number of rotatable bonds is 3. The monoisotopic (exact) mass is 419 g/mol. The van der Waals surface area contributed by atoms with Gasteiger partial charge in [0.05, 0.1) is 11.2 Å². The number of halogens is 1. The predicted molar refractivity (Wildman–Crippen MR) is 114 cm³/mol. The minimum atomic E-state index is -0.480. The molecule has 3 aromatic heterocycles. The topological polar surface area (TPSA) is 87.9 Å². The molecule has 4 aromatic rings. The number of fused-ring (bicyclic) bond motifs is 2. The Morgan fingerprint density at radius 2 is 1.87 bits per heavy atom. The van der Waals surface area contributed by atoms with Crippen LogP contribution >= 0.6 is 0 Å². The number of oxazole rings is 1. The third kappa shape index (κ3) is 3.31. The van der Waals surface area contributed by atoms with Gasteiger partial charge in [0.25, 0.3) is 5.56 Å². The van der Waals surface area contributed by atoms with Crippen molar-refractivity contribution in [2.45, 2.75) is 44.6 Å². The largest absolute Gasteiger partial charge is 0.441 e. The second-order valence-corrected chi connectivity index (χ2v) is 8.59. The Balaban J connectivity index is 1.34. The summed E-state index contributed by atoms with van der Waals surface area (Å²) in [5.74, 6) is 0.921. The van der Waals surface area contributed by atoms with Crippen LogP contribution in [-0.4, -0.2) is 44.0 Å². The second kappa shape index (κ2) is 6.95. The molecular formula is C23H22FN5O2. The number of pyridine rings is 1. The molecule has 2 aliphatic rings. The lowest BCUT2D eigenvalue weighted by molar-refractivity contribution is 0.200. The Labute approximate surface area is 177 Å². The SMILES string of the molecule is Cc1nc2c(F)cc(-c3ccc4nc(C5CCN(C6CC6)CC5)[nH]c(=O)c4n3)cc2o1. The number of H-pyrrole nitrogens is 1. The maximum atomic E-state index is 14.4. The third-order valence-electron chi connectivity index (χ3n) is 6.40. The first-order valence-corrected chi connectivity index (χ1v) is 10.8. The number of benzene rings is 1. The normalized spacial score (nSPS) is 18.3. The Morgan fingerprint density at radius 1 is 1.06 bits per heavy atom. The quantitative estimate of drug-likeness (QED) is 0.542. The van der Waals surface area contributed by atoms with Crippen LogP contribution in [-0.2, 0) is 0 Å². The number of hydrogen-bond donors (Lipinski definition) is 1. The smallest absolute Gasteiger partial charge is 0.277 e. The van der Waals surface area contributed by atoms with E-state index in [4.69, 9.17) is 9.40 Å². The highest BCUT2D eigenvalue weighted by Gasteiger charge is 2.32. The summed E-state index contributed by atoms with van der Waals surface area (Å²) in [5.41, 5.74) is 2.12. The van der Waals surface area contributed by atoms with E-state index in [1.165, 1.54) is 18.9 Å². The van der Waals surface area contributed by atoms with Crippen molar-refractivity contribution in [2.75, 3.05) is 13.1 Å². The maximum absolute atomic E-state index is 14.4. The van der Waals surface area contributed by atoms with Crippen molar-refractivity contribution in [1.29, 1.82) is 0 Å². The zero-order valence-corrected chi connectivity index (χ0v) is 17.2. The van der Waals surface area contributed by atoms with Crippen LogP contribution in [0.5, 0.6) is 0 Å². The molecule has 0 radical (unpaired) electrons. The van der Waals surface area contributed by atoms with Crippen molar-refractivity contribution < 1.29 is 8.81 Å². The van der Waals surface area contributed by atoms with Crippen LogP contribution in [0.4, 0.5) is 4.39 Å². The summed E-state index contributed by atoms with van der Waals surface area (Å²) in [7, 11) is 0. The van der Waals surface area contributed by atoms with E-state index in [9.17, 15) is 9.18 Å². The molecule has 1 N–H and O–H groups in total. The Hall–Kier alpha value is -3.13. The summed E-state index contributed by atoms with van der Waals surface area (Å²) in [6.45, 7) is 3.79. The lowest BCUT2D eigenvalue weighted by Gasteiger charge is -2.31. The summed E-state index contributed by atoms with van der Waals surface area (Å²) < 4.78 is 19.9. The second-order valence-electron chi connectivity index (χ2n) is 8.59. The lowest BCUT2D eigenvalue weighted by atomic mass is 9.95. The van der Waals surface area contributed by atoms with Crippen molar-refractivity contribution in [3.63, 3.8) is 0 Å². The van der Waals surface area contributed by atoms with Crippen molar-refractivity contribution >= 4 is 22.1 Å². The minimum absolute atomic E-state index is 0.193. The molecule has 6 rings (SSSR count). The summed E-state index contributed by atoms with van der Waals surface area (Å²) in [6, 6.07) is 7.37. The van der Waals surface area contributed by atoms with Crippen LogP contribution in [0, 0.1) is 12.7 Å². The van der Waals surface area contributed by atoms with Gasteiger partial charge in [0.2, 0.25) is 0 Å². The van der Waals surface area contributed by atoms with Crippen molar-refractivity contribution in [1.82, 2.24) is 24.8 Å². The molecular weight excluding hydrogens is 397 g/mol. The van der Waals surface area contributed by atoms with E-state index >= 15 is 0 Å². The van der Waals surface area contributed by atoms with E-state index < -0.39 is 5.82 Å². The first-order valence-electron chi connectivity index (χ1n) is 10.8. The molecule has 1 aromatic carbocycles. The highest BCUT2D eigenvalue weighted by Crippen LogP contribution is 2.33. The van der Waals surface area contributed by atoms with Gasteiger partial charge in [-0.3, -0.25) is 4.79 Å². The molecule has 2 fully saturated rings.